The highest BCUT2D eigenvalue weighted by Gasteiger charge is 2.13. The van der Waals surface area contributed by atoms with Crippen LogP contribution in [0.3, 0.4) is 0 Å². The van der Waals surface area contributed by atoms with Crippen molar-refractivity contribution in [3.05, 3.63) is 41.0 Å². The van der Waals surface area contributed by atoms with Crippen LogP contribution in [0.2, 0.25) is 5.02 Å². The van der Waals surface area contributed by atoms with Crippen molar-refractivity contribution in [3.63, 3.8) is 0 Å². The summed E-state index contributed by atoms with van der Waals surface area (Å²) in [6, 6.07) is 6.46. The Morgan fingerprint density at radius 2 is 2.04 bits per heavy atom. The van der Waals surface area contributed by atoms with Gasteiger partial charge in [-0.25, -0.2) is 19.6 Å². The maximum absolute atomic E-state index is 11.8. The Morgan fingerprint density at radius 3 is 2.72 bits per heavy atom. The van der Waals surface area contributed by atoms with Gasteiger partial charge < -0.3 is 21.1 Å². The van der Waals surface area contributed by atoms with Crippen molar-refractivity contribution in [1.29, 1.82) is 0 Å². The second kappa shape index (κ2) is 9.09. The molecule has 0 atom stereocenters. The molecule has 25 heavy (non-hydrogen) atoms. The fraction of sp³-hybridized carbons (Fsp3) is 0.200. The second-order valence-corrected chi connectivity index (χ2v) is 5.89. The molecule has 2 amide bonds. The molecule has 8 nitrogen and oxygen atoms in total. The first-order valence-electron chi connectivity index (χ1n) is 7.19. The summed E-state index contributed by atoms with van der Waals surface area (Å²) < 4.78 is 0. The van der Waals surface area contributed by atoms with Gasteiger partial charge in [-0.05, 0) is 18.4 Å². The van der Waals surface area contributed by atoms with Gasteiger partial charge in [-0.15, -0.1) is 0 Å². The quantitative estimate of drug-likeness (QED) is 0.331. The number of aromatic nitrogens is 2. The first kappa shape index (κ1) is 18.8. The number of hydrogen-bond acceptors (Lipinski definition) is 6. The number of carbonyl (C=O) groups is 2. The molecule has 2 aromatic rings. The number of carbonyl (C=O) groups excluding carboxylic acids is 1. The first-order chi connectivity index (χ1) is 12.0. The maximum atomic E-state index is 11.8. The number of carboxylic acid groups (broad SMARTS) is 1. The lowest BCUT2D eigenvalue weighted by Crippen LogP contribution is -2.33. The average Bonchev–Trinajstić information content (AvgIpc) is 2.60. The average molecular weight is 382 g/mol. The number of carboxylic acids is 1. The molecule has 10 heteroatoms. The largest absolute Gasteiger partial charge is 0.477 e. The Hall–Kier alpha value is -2.52. The number of nitrogens with one attached hydrogen (secondary N) is 3. The van der Waals surface area contributed by atoms with E-state index in [0.717, 1.165) is 0 Å². The van der Waals surface area contributed by atoms with Gasteiger partial charge in [-0.3, -0.25) is 0 Å². The lowest BCUT2D eigenvalue weighted by molar-refractivity contribution is 0.0697. The molecule has 0 radical (unpaired) electrons. The number of para-hydroxylation sites is 1. The summed E-state index contributed by atoms with van der Waals surface area (Å²) in [6.07, 6.45) is 3.04. The standard InChI is InChI=1S/C15H16ClN5O3S/c1-25-15-19-8-9(13(22)23)12(21-15)17-6-7-18-14(24)20-11-5-3-2-4-10(11)16/h2-5,8H,6-7H2,1H3,(H,22,23)(H,17,19,21)(H2,18,20,24). The van der Waals surface area contributed by atoms with Crippen LogP contribution in [0.25, 0.3) is 0 Å². The molecule has 0 saturated heterocycles. The van der Waals surface area contributed by atoms with E-state index in [1.165, 1.54) is 18.0 Å². The zero-order valence-corrected chi connectivity index (χ0v) is 14.8. The third-order valence-electron chi connectivity index (χ3n) is 3.00. The predicted octanol–water partition coefficient (Wildman–Crippen LogP) is 2.78. The van der Waals surface area contributed by atoms with Gasteiger partial charge in [0.1, 0.15) is 11.4 Å². The number of urea groups is 1. The zero-order valence-electron chi connectivity index (χ0n) is 13.2. The van der Waals surface area contributed by atoms with E-state index in [0.29, 0.717) is 22.4 Å². The van der Waals surface area contributed by atoms with E-state index in [-0.39, 0.29) is 17.9 Å². The monoisotopic (exact) mass is 381 g/mol. The molecule has 1 aromatic carbocycles. The molecule has 0 unspecified atom stereocenters. The Kier molecular flexibility index (Phi) is 6.84. The van der Waals surface area contributed by atoms with Crippen molar-refractivity contribution in [1.82, 2.24) is 15.3 Å². The topological polar surface area (TPSA) is 116 Å². The number of amides is 2. The number of rotatable bonds is 7. The van der Waals surface area contributed by atoms with Crippen molar-refractivity contribution >= 4 is 46.9 Å². The van der Waals surface area contributed by atoms with Crippen LogP contribution in [-0.2, 0) is 0 Å². The fourth-order valence-electron chi connectivity index (χ4n) is 1.84. The first-order valence-corrected chi connectivity index (χ1v) is 8.79. The fourth-order valence-corrected chi connectivity index (χ4v) is 2.36. The third-order valence-corrected chi connectivity index (χ3v) is 3.90. The van der Waals surface area contributed by atoms with Crippen LogP contribution in [0.15, 0.2) is 35.6 Å². The summed E-state index contributed by atoms with van der Waals surface area (Å²) in [5, 5.41) is 18.2. The summed E-state index contributed by atoms with van der Waals surface area (Å²) in [5.74, 6) is -0.917. The lowest BCUT2D eigenvalue weighted by atomic mass is 10.3. The van der Waals surface area contributed by atoms with Gasteiger partial charge in [-0.2, -0.15) is 0 Å². The summed E-state index contributed by atoms with van der Waals surface area (Å²) in [6.45, 7) is 0.551. The maximum Gasteiger partial charge on any atom is 0.341 e. The summed E-state index contributed by atoms with van der Waals surface area (Å²) in [5.41, 5.74) is 0.474. The summed E-state index contributed by atoms with van der Waals surface area (Å²) >= 11 is 7.26. The molecule has 0 bridgehead atoms. The molecule has 0 aliphatic heterocycles. The minimum atomic E-state index is -1.13. The van der Waals surface area contributed by atoms with E-state index < -0.39 is 12.0 Å². The van der Waals surface area contributed by atoms with E-state index >= 15 is 0 Å². The van der Waals surface area contributed by atoms with E-state index in [1.54, 1.807) is 30.5 Å². The van der Waals surface area contributed by atoms with Crippen LogP contribution in [0.1, 0.15) is 10.4 Å². The van der Waals surface area contributed by atoms with Crippen LogP contribution in [0.4, 0.5) is 16.3 Å². The van der Waals surface area contributed by atoms with Crippen LogP contribution >= 0.6 is 23.4 Å². The number of halogens is 1. The number of thioether (sulfide) groups is 1. The third kappa shape index (κ3) is 5.50. The Morgan fingerprint density at radius 1 is 1.28 bits per heavy atom. The van der Waals surface area contributed by atoms with Crippen LogP contribution in [-0.4, -0.2) is 46.4 Å². The van der Waals surface area contributed by atoms with E-state index in [2.05, 4.69) is 25.9 Å². The van der Waals surface area contributed by atoms with E-state index in [1.807, 2.05) is 0 Å². The Labute approximate surface area is 153 Å². The molecule has 0 fully saturated rings. The molecule has 1 heterocycles. The van der Waals surface area contributed by atoms with Gasteiger partial charge >= 0.3 is 12.0 Å². The molecular formula is C15H16ClN5O3S. The van der Waals surface area contributed by atoms with Crippen molar-refractivity contribution < 1.29 is 14.7 Å². The van der Waals surface area contributed by atoms with Gasteiger partial charge in [0.05, 0.1) is 10.7 Å². The van der Waals surface area contributed by atoms with Crippen molar-refractivity contribution in [2.75, 3.05) is 30.0 Å². The zero-order chi connectivity index (χ0) is 18.2. The molecule has 2 rings (SSSR count). The normalized spacial score (nSPS) is 10.2. The molecular weight excluding hydrogens is 366 g/mol. The molecule has 132 valence electrons. The highest BCUT2D eigenvalue weighted by molar-refractivity contribution is 7.98. The molecule has 0 spiro atoms. The van der Waals surface area contributed by atoms with E-state index in [9.17, 15) is 9.59 Å². The SMILES string of the molecule is CSc1ncc(C(=O)O)c(NCCNC(=O)Nc2ccccc2Cl)n1. The van der Waals surface area contributed by atoms with Gasteiger partial charge in [0, 0.05) is 19.3 Å². The van der Waals surface area contributed by atoms with Gasteiger partial charge in [0.15, 0.2) is 5.16 Å². The molecule has 1 aromatic heterocycles. The lowest BCUT2D eigenvalue weighted by Gasteiger charge is -2.11. The highest BCUT2D eigenvalue weighted by atomic mass is 35.5. The number of nitrogens with zero attached hydrogens (tertiary/aromatic N) is 2. The molecule has 4 N–H and O–H groups in total. The minimum absolute atomic E-state index is 0.0293. The van der Waals surface area contributed by atoms with Gasteiger partial charge in [-0.1, -0.05) is 35.5 Å². The van der Waals surface area contributed by atoms with Crippen molar-refractivity contribution in [3.8, 4) is 0 Å². The number of aromatic carboxylic acids is 1. The Balaban J connectivity index is 1.86. The summed E-state index contributed by atoms with van der Waals surface area (Å²) in [7, 11) is 0. The molecule has 0 aliphatic carbocycles. The van der Waals surface area contributed by atoms with Gasteiger partial charge in [0.25, 0.3) is 0 Å². The molecule has 0 saturated carbocycles. The smallest absolute Gasteiger partial charge is 0.341 e. The number of anilines is 2. The highest BCUT2D eigenvalue weighted by Crippen LogP contribution is 2.20. The predicted molar refractivity (Wildman–Crippen MR) is 97.7 cm³/mol. The van der Waals surface area contributed by atoms with Crippen LogP contribution in [0, 0.1) is 0 Å². The number of benzene rings is 1. The summed E-state index contributed by atoms with van der Waals surface area (Å²) in [4.78, 5) is 31.1. The van der Waals surface area contributed by atoms with Gasteiger partial charge in [0.2, 0.25) is 0 Å². The van der Waals surface area contributed by atoms with Crippen LogP contribution in [0.5, 0.6) is 0 Å². The second-order valence-electron chi connectivity index (χ2n) is 4.71. The van der Waals surface area contributed by atoms with Crippen molar-refractivity contribution in [2.45, 2.75) is 5.16 Å². The van der Waals surface area contributed by atoms with Crippen LogP contribution < -0.4 is 16.0 Å². The Bertz CT molecular complexity index is 775. The van der Waals surface area contributed by atoms with E-state index in [4.69, 9.17) is 16.7 Å². The number of hydrogen-bond donors (Lipinski definition) is 4. The van der Waals surface area contributed by atoms with Crippen molar-refractivity contribution in [2.24, 2.45) is 0 Å². The molecule has 0 aliphatic rings. The minimum Gasteiger partial charge on any atom is -0.477 e.